The van der Waals surface area contributed by atoms with Gasteiger partial charge in [0, 0.05) is 24.5 Å². The molecule has 1 aromatic rings. The van der Waals surface area contributed by atoms with E-state index in [1.165, 1.54) is 30.8 Å². The molecule has 1 saturated carbocycles. The molecule has 0 aromatic carbocycles. The lowest BCUT2D eigenvalue weighted by Crippen LogP contribution is -2.23. The zero-order valence-corrected chi connectivity index (χ0v) is 11.5. The second-order valence-electron chi connectivity index (χ2n) is 4.81. The van der Waals surface area contributed by atoms with Crippen molar-refractivity contribution in [1.82, 2.24) is 4.37 Å². The zero-order chi connectivity index (χ0) is 13.1. The average Bonchev–Trinajstić information content (AvgIpc) is 2.74. The summed E-state index contributed by atoms with van der Waals surface area (Å²) >= 11 is 1.18. The summed E-state index contributed by atoms with van der Waals surface area (Å²) < 4.78 is 3.94. The van der Waals surface area contributed by atoms with Gasteiger partial charge in [0.1, 0.15) is 11.5 Å². The Bertz CT molecular complexity index is 427. The highest BCUT2D eigenvalue weighted by Gasteiger charge is 2.27. The molecular formula is C11H18N4O2S. The molecule has 6 nitrogen and oxygen atoms in total. The van der Waals surface area contributed by atoms with E-state index in [0.29, 0.717) is 11.7 Å². The van der Waals surface area contributed by atoms with Crippen molar-refractivity contribution >= 4 is 28.0 Å². The van der Waals surface area contributed by atoms with Crippen LogP contribution in [-0.2, 0) is 0 Å². The summed E-state index contributed by atoms with van der Waals surface area (Å²) in [5, 5.41) is 15.2. The number of hydrogen-bond acceptors (Lipinski definition) is 6. The molecule has 0 saturated heterocycles. The number of rotatable bonds is 4. The molecule has 1 aromatic heterocycles. The SMILES string of the molecule is CN(C)c1c([N+](=O)[O-])nsc1NC1CCCCC1. The monoisotopic (exact) mass is 270 g/mol. The van der Waals surface area contributed by atoms with Crippen LogP contribution >= 0.6 is 11.5 Å². The Morgan fingerprint density at radius 1 is 1.39 bits per heavy atom. The first-order valence-electron chi connectivity index (χ1n) is 6.17. The van der Waals surface area contributed by atoms with Gasteiger partial charge in [-0.25, -0.2) is 0 Å². The molecule has 1 fully saturated rings. The molecule has 0 radical (unpaired) electrons. The third-order valence-electron chi connectivity index (χ3n) is 3.21. The van der Waals surface area contributed by atoms with E-state index >= 15 is 0 Å². The van der Waals surface area contributed by atoms with Crippen LogP contribution in [0.5, 0.6) is 0 Å². The summed E-state index contributed by atoms with van der Waals surface area (Å²) in [5.74, 6) is -0.0525. The first-order chi connectivity index (χ1) is 8.59. The summed E-state index contributed by atoms with van der Waals surface area (Å²) in [7, 11) is 3.62. The van der Waals surface area contributed by atoms with Crippen molar-refractivity contribution < 1.29 is 4.92 Å². The van der Waals surface area contributed by atoms with Crippen molar-refractivity contribution in [3.63, 3.8) is 0 Å². The van der Waals surface area contributed by atoms with Crippen molar-refractivity contribution in [1.29, 1.82) is 0 Å². The van der Waals surface area contributed by atoms with Gasteiger partial charge in [0.25, 0.3) is 0 Å². The quantitative estimate of drug-likeness (QED) is 0.673. The van der Waals surface area contributed by atoms with Gasteiger partial charge in [-0.3, -0.25) is 0 Å². The van der Waals surface area contributed by atoms with Crippen LogP contribution in [0.3, 0.4) is 0 Å². The van der Waals surface area contributed by atoms with Gasteiger partial charge >= 0.3 is 5.82 Å². The first kappa shape index (κ1) is 13.1. The topological polar surface area (TPSA) is 71.3 Å². The van der Waals surface area contributed by atoms with Crippen LogP contribution in [0.25, 0.3) is 0 Å². The largest absolute Gasteiger partial charge is 0.404 e. The summed E-state index contributed by atoms with van der Waals surface area (Å²) in [4.78, 5) is 12.3. The number of anilines is 2. The fourth-order valence-electron chi connectivity index (χ4n) is 2.33. The molecule has 100 valence electrons. The maximum atomic E-state index is 10.9. The maximum Gasteiger partial charge on any atom is 0.404 e. The van der Waals surface area contributed by atoms with Gasteiger partial charge in [-0.15, -0.1) is 0 Å². The zero-order valence-electron chi connectivity index (χ0n) is 10.7. The molecule has 1 aliphatic carbocycles. The van der Waals surface area contributed by atoms with E-state index in [-0.39, 0.29) is 5.82 Å². The Kier molecular flexibility index (Phi) is 4.00. The lowest BCUT2D eigenvalue weighted by atomic mass is 9.96. The summed E-state index contributed by atoms with van der Waals surface area (Å²) in [6, 6.07) is 0.428. The average molecular weight is 270 g/mol. The summed E-state index contributed by atoms with van der Waals surface area (Å²) in [5.41, 5.74) is 0.593. The van der Waals surface area contributed by atoms with Gasteiger partial charge in [-0.05, 0) is 17.8 Å². The van der Waals surface area contributed by atoms with E-state index in [1.807, 2.05) is 14.1 Å². The molecule has 0 aliphatic heterocycles. The molecular weight excluding hydrogens is 252 g/mol. The van der Waals surface area contributed by atoms with Crippen LogP contribution < -0.4 is 10.2 Å². The van der Waals surface area contributed by atoms with Crippen LogP contribution in [0.2, 0.25) is 0 Å². The molecule has 1 aliphatic rings. The highest BCUT2D eigenvalue weighted by atomic mass is 32.1. The van der Waals surface area contributed by atoms with Crippen LogP contribution in [0, 0.1) is 10.1 Å². The minimum atomic E-state index is -0.419. The summed E-state index contributed by atoms with van der Waals surface area (Å²) in [6.07, 6.45) is 6.03. The molecule has 0 bridgehead atoms. The molecule has 0 atom stereocenters. The molecule has 2 rings (SSSR count). The Hall–Kier alpha value is -1.37. The predicted octanol–water partition coefficient (Wildman–Crippen LogP) is 2.86. The molecule has 1 N–H and O–H groups in total. The first-order valence-corrected chi connectivity index (χ1v) is 6.95. The molecule has 7 heteroatoms. The highest BCUT2D eigenvalue weighted by molar-refractivity contribution is 7.11. The van der Waals surface area contributed by atoms with E-state index in [9.17, 15) is 10.1 Å². The van der Waals surface area contributed by atoms with Gasteiger partial charge in [-0.1, -0.05) is 19.3 Å². The second-order valence-corrected chi connectivity index (χ2v) is 5.59. The third-order valence-corrected chi connectivity index (χ3v) is 3.97. The predicted molar refractivity (Wildman–Crippen MR) is 73.6 cm³/mol. The Morgan fingerprint density at radius 3 is 2.61 bits per heavy atom. The Morgan fingerprint density at radius 2 is 2.06 bits per heavy atom. The molecule has 0 spiro atoms. The highest BCUT2D eigenvalue weighted by Crippen LogP contribution is 2.39. The van der Waals surface area contributed by atoms with Gasteiger partial charge in [-0.2, -0.15) is 0 Å². The van der Waals surface area contributed by atoms with Crippen molar-refractivity contribution in [2.24, 2.45) is 0 Å². The van der Waals surface area contributed by atoms with E-state index in [0.717, 1.165) is 17.8 Å². The lowest BCUT2D eigenvalue weighted by molar-refractivity contribution is -0.387. The molecule has 0 unspecified atom stereocenters. The van der Waals surface area contributed by atoms with E-state index in [2.05, 4.69) is 9.69 Å². The Labute approximate surface area is 110 Å². The van der Waals surface area contributed by atoms with Crippen LogP contribution in [0.15, 0.2) is 0 Å². The van der Waals surface area contributed by atoms with Gasteiger partial charge in [0.2, 0.25) is 0 Å². The lowest BCUT2D eigenvalue weighted by Gasteiger charge is -2.23. The Balaban J connectivity index is 2.19. The number of nitrogens with one attached hydrogen (secondary N) is 1. The van der Waals surface area contributed by atoms with Gasteiger partial charge in [0.15, 0.2) is 10.7 Å². The number of nitrogens with zero attached hydrogens (tertiary/aromatic N) is 3. The van der Waals surface area contributed by atoms with Crippen LogP contribution in [0.1, 0.15) is 32.1 Å². The summed E-state index contributed by atoms with van der Waals surface area (Å²) in [6.45, 7) is 0. The third kappa shape index (κ3) is 2.72. The fraction of sp³-hybridized carbons (Fsp3) is 0.727. The van der Waals surface area contributed by atoms with Crippen LogP contribution in [0.4, 0.5) is 16.5 Å². The van der Waals surface area contributed by atoms with Gasteiger partial charge in [0.05, 0.1) is 0 Å². The second kappa shape index (κ2) is 5.51. The smallest absolute Gasteiger partial charge is 0.369 e. The van der Waals surface area contributed by atoms with E-state index < -0.39 is 4.92 Å². The molecule has 1 heterocycles. The van der Waals surface area contributed by atoms with Crippen molar-refractivity contribution in [3.8, 4) is 0 Å². The fourth-order valence-corrected chi connectivity index (χ4v) is 3.24. The standard InChI is InChI=1S/C11H18N4O2S/c1-14(2)9-10(15(16)17)13-18-11(9)12-8-6-4-3-5-7-8/h8,12H,3-7H2,1-2H3. The normalized spacial score (nSPS) is 16.6. The minimum Gasteiger partial charge on any atom is -0.369 e. The van der Waals surface area contributed by atoms with Crippen molar-refractivity contribution in [2.75, 3.05) is 24.3 Å². The van der Waals surface area contributed by atoms with Crippen LogP contribution in [-0.4, -0.2) is 29.4 Å². The molecule has 0 amide bonds. The van der Waals surface area contributed by atoms with Gasteiger partial charge < -0.3 is 20.3 Å². The number of aromatic nitrogens is 1. The van der Waals surface area contributed by atoms with E-state index in [4.69, 9.17) is 0 Å². The number of nitro groups is 1. The van der Waals surface area contributed by atoms with E-state index in [1.54, 1.807) is 4.90 Å². The number of hydrogen-bond donors (Lipinski definition) is 1. The van der Waals surface area contributed by atoms with Crippen molar-refractivity contribution in [3.05, 3.63) is 10.1 Å². The van der Waals surface area contributed by atoms with Crippen molar-refractivity contribution in [2.45, 2.75) is 38.1 Å². The maximum absolute atomic E-state index is 10.9. The minimum absolute atomic E-state index is 0.0525. The molecule has 18 heavy (non-hydrogen) atoms.